The van der Waals surface area contributed by atoms with Gasteiger partial charge < -0.3 is 4.84 Å². The van der Waals surface area contributed by atoms with E-state index >= 15 is 0 Å². The zero-order valence-electron chi connectivity index (χ0n) is 10.1. The van der Waals surface area contributed by atoms with Crippen LogP contribution in [-0.2, 0) is 0 Å². The van der Waals surface area contributed by atoms with Gasteiger partial charge in [0.05, 0.1) is 0 Å². The van der Waals surface area contributed by atoms with Crippen molar-refractivity contribution in [1.82, 2.24) is 4.73 Å². The molecule has 0 bridgehead atoms. The Kier molecular flexibility index (Phi) is 5.26. The molecule has 0 fully saturated rings. The molecule has 0 amide bonds. The Morgan fingerprint density at radius 3 is 2.88 bits per heavy atom. The van der Waals surface area contributed by atoms with Crippen molar-refractivity contribution in [2.24, 2.45) is 0 Å². The van der Waals surface area contributed by atoms with E-state index in [4.69, 9.17) is 17.1 Å². The van der Waals surface area contributed by atoms with Gasteiger partial charge in [-0.05, 0) is 45.7 Å². The summed E-state index contributed by atoms with van der Waals surface area (Å²) in [4.78, 5) is 5.71. The first-order chi connectivity index (χ1) is 7.59. The van der Waals surface area contributed by atoms with Crippen molar-refractivity contribution >= 4 is 12.2 Å². The maximum absolute atomic E-state index is 5.71. The number of nitrogens with zero attached hydrogens (tertiary/aromatic N) is 1. The van der Waals surface area contributed by atoms with Gasteiger partial charge in [-0.3, -0.25) is 0 Å². The van der Waals surface area contributed by atoms with Crippen LogP contribution < -0.4 is 4.84 Å². The highest BCUT2D eigenvalue weighted by atomic mass is 32.1. The second-order valence-corrected chi connectivity index (χ2v) is 4.56. The quantitative estimate of drug-likeness (QED) is 0.571. The molecule has 3 heteroatoms. The van der Waals surface area contributed by atoms with Crippen LogP contribution in [0.4, 0.5) is 0 Å². The van der Waals surface area contributed by atoms with Crippen LogP contribution in [0.15, 0.2) is 36.0 Å². The van der Waals surface area contributed by atoms with Crippen LogP contribution >= 0.6 is 12.2 Å². The van der Waals surface area contributed by atoms with Crippen LogP contribution in [0.25, 0.3) is 0 Å². The summed E-state index contributed by atoms with van der Waals surface area (Å²) in [6, 6.07) is 5.69. The van der Waals surface area contributed by atoms with Crippen LogP contribution in [0.5, 0.6) is 0 Å². The molecule has 0 radical (unpaired) electrons. The molecular formula is C13H19NOS. The largest absolute Gasteiger partial charge is 0.410 e. The van der Waals surface area contributed by atoms with E-state index in [1.54, 1.807) is 4.73 Å². The molecule has 1 aromatic rings. The fourth-order valence-electron chi connectivity index (χ4n) is 1.35. The van der Waals surface area contributed by atoms with E-state index in [1.165, 1.54) is 5.57 Å². The summed E-state index contributed by atoms with van der Waals surface area (Å²) in [5, 5.41) is 0. The Bertz CT molecular complexity index is 404. The van der Waals surface area contributed by atoms with Gasteiger partial charge >= 0.3 is 0 Å². The predicted octanol–water partition coefficient (Wildman–Crippen LogP) is 3.78. The summed E-state index contributed by atoms with van der Waals surface area (Å²) >= 11 is 5.15. The zero-order valence-corrected chi connectivity index (χ0v) is 11.0. The van der Waals surface area contributed by atoms with Crippen LogP contribution in [0.3, 0.4) is 0 Å². The minimum atomic E-state index is 0.171. The smallest absolute Gasteiger partial charge is 0.142 e. The Morgan fingerprint density at radius 1 is 1.50 bits per heavy atom. The van der Waals surface area contributed by atoms with E-state index < -0.39 is 0 Å². The van der Waals surface area contributed by atoms with E-state index in [1.807, 2.05) is 24.4 Å². The van der Waals surface area contributed by atoms with Gasteiger partial charge in [0, 0.05) is 6.20 Å². The zero-order chi connectivity index (χ0) is 12.0. The van der Waals surface area contributed by atoms with Crippen LogP contribution in [0.1, 0.15) is 33.6 Å². The van der Waals surface area contributed by atoms with Crippen molar-refractivity contribution < 1.29 is 4.84 Å². The van der Waals surface area contributed by atoms with Crippen molar-refractivity contribution in [1.29, 1.82) is 0 Å². The van der Waals surface area contributed by atoms with E-state index in [9.17, 15) is 0 Å². The Hall–Kier alpha value is -1.09. The lowest BCUT2D eigenvalue weighted by atomic mass is 10.2. The van der Waals surface area contributed by atoms with E-state index in [-0.39, 0.29) is 6.10 Å². The molecule has 0 saturated heterocycles. The van der Waals surface area contributed by atoms with Gasteiger partial charge in [0.25, 0.3) is 0 Å². The summed E-state index contributed by atoms with van der Waals surface area (Å²) in [6.45, 7) is 6.28. The normalized spacial score (nSPS) is 11.9. The molecule has 2 nitrogen and oxygen atoms in total. The third-order valence-electron chi connectivity index (χ3n) is 2.21. The summed E-state index contributed by atoms with van der Waals surface area (Å²) in [5.74, 6) is 0. The third kappa shape index (κ3) is 4.62. The van der Waals surface area contributed by atoms with Crippen molar-refractivity contribution in [3.8, 4) is 0 Å². The maximum atomic E-state index is 5.71. The summed E-state index contributed by atoms with van der Waals surface area (Å²) in [6.07, 6.45) is 6.29. The van der Waals surface area contributed by atoms with Crippen molar-refractivity contribution in [3.63, 3.8) is 0 Å². The van der Waals surface area contributed by atoms with Crippen LogP contribution in [0.2, 0.25) is 0 Å². The number of hydrogen-bond acceptors (Lipinski definition) is 2. The molecule has 0 aromatic carbocycles. The fraction of sp³-hybridized carbons (Fsp3) is 0.462. The Labute approximate surface area is 103 Å². The third-order valence-corrected chi connectivity index (χ3v) is 2.52. The fourth-order valence-corrected chi connectivity index (χ4v) is 1.54. The standard InChI is InChI=1S/C13H19NOS/c1-11(2)7-6-8-12(3)15-14-10-5-4-9-13(14)16/h4-5,7,9-10,12H,6,8H2,1-3H3. The van der Waals surface area contributed by atoms with Crippen molar-refractivity contribution in [3.05, 3.63) is 40.7 Å². The first-order valence-corrected chi connectivity index (χ1v) is 5.98. The average Bonchev–Trinajstić information content (AvgIpc) is 2.21. The van der Waals surface area contributed by atoms with Gasteiger partial charge in [-0.2, -0.15) is 4.73 Å². The lowest BCUT2D eigenvalue weighted by molar-refractivity contribution is 0.0405. The molecular weight excluding hydrogens is 218 g/mol. The monoisotopic (exact) mass is 237 g/mol. The van der Waals surface area contributed by atoms with E-state index in [0.29, 0.717) is 4.64 Å². The second kappa shape index (κ2) is 6.48. The lowest BCUT2D eigenvalue weighted by Gasteiger charge is -2.15. The molecule has 1 aromatic heterocycles. The predicted molar refractivity (Wildman–Crippen MR) is 70.0 cm³/mol. The van der Waals surface area contributed by atoms with Crippen LogP contribution in [0, 0.1) is 4.64 Å². The first kappa shape index (κ1) is 13.0. The van der Waals surface area contributed by atoms with E-state index in [2.05, 4.69) is 26.8 Å². The van der Waals surface area contributed by atoms with Gasteiger partial charge in [-0.15, -0.1) is 0 Å². The topological polar surface area (TPSA) is 14.2 Å². The minimum Gasteiger partial charge on any atom is -0.410 e. The van der Waals surface area contributed by atoms with Gasteiger partial charge in [0.15, 0.2) is 0 Å². The molecule has 1 unspecified atom stereocenters. The van der Waals surface area contributed by atoms with Crippen molar-refractivity contribution in [2.45, 2.75) is 39.7 Å². The molecule has 1 rings (SSSR count). The average molecular weight is 237 g/mol. The van der Waals surface area contributed by atoms with Crippen LogP contribution in [-0.4, -0.2) is 10.8 Å². The van der Waals surface area contributed by atoms with Gasteiger partial charge in [-0.25, -0.2) is 0 Å². The lowest BCUT2D eigenvalue weighted by Crippen LogP contribution is -2.22. The SMILES string of the molecule is CC(C)=CCCC(C)On1ccccc1=S. The second-order valence-electron chi connectivity index (χ2n) is 4.14. The summed E-state index contributed by atoms with van der Waals surface area (Å²) < 4.78 is 2.36. The number of rotatable bonds is 5. The highest BCUT2D eigenvalue weighted by Gasteiger charge is 2.02. The van der Waals surface area contributed by atoms with Gasteiger partial charge in [0.2, 0.25) is 0 Å². The Morgan fingerprint density at radius 2 is 2.25 bits per heavy atom. The molecule has 1 heterocycles. The minimum absolute atomic E-state index is 0.171. The number of aromatic nitrogens is 1. The number of allylic oxidation sites excluding steroid dienone is 2. The first-order valence-electron chi connectivity index (χ1n) is 5.58. The number of hydrogen-bond donors (Lipinski definition) is 0. The summed E-state index contributed by atoms with van der Waals surface area (Å²) in [5.41, 5.74) is 1.35. The van der Waals surface area contributed by atoms with E-state index in [0.717, 1.165) is 12.8 Å². The highest BCUT2D eigenvalue weighted by molar-refractivity contribution is 7.71. The highest BCUT2D eigenvalue weighted by Crippen LogP contribution is 2.03. The summed E-state index contributed by atoms with van der Waals surface area (Å²) in [7, 11) is 0. The molecule has 0 N–H and O–H groups in total. The molecule has 0 saturated carbocycles. The molecule has 0 aliphatic carbocycles. The number of pyridine rings is 1. The van der Waals surface area contributed by atoms with Crippen molar-refractivity contribution in [2.75, 3.05) is 0 Å². The maximum Gasteiger partial charge on any atom is 0.142 e. The molecule has 1 atom stereocenters. The Balaban J connectivity index is 2.46. The molecule has 88 valence electrons. The molecule has 0 spiro atoms. The van der Waals surface area contributed by atoms with Gasteiger partial charge in [0.1, 0.15) is 10.7 Å². The molecule has 16 heavy (non-hydrogen) atoms. The van der Waals surface area contributed by atoms with Gasteiger partial charge in [-0.1, -0.05) is 29.9 Å². The molecule has 0 aliphatic rings. The molecule has 0 aliphatic heterocycles.